The highest BCUT2D eigenvalue weighted by atomic mass is 32.2. The van der Waals surface area contributed by atoms with E-state index in [2.05, 4.69) is 9.62 Å². The van der Waals surface area contributed by atoms with Gasteiger partial charge in [0.25, 0.3) is 0 Å². The van der Waals surface area contributed by atoms with Gasteiger partial charge in [0.2, 0.25) is 10.0 Å². The van der Waals surface area contributed by atoms with Crippen molar-refractivity contribution in [3.63, 3.8) is 0 Å². The number of hydrogen-bond donors (Lipinski definition) is 2. The number of nitrogens with one attached hydrogen (secondary N) is 1. The minimum Gasteiger partial charge on any atom is -0.392 e. The van der Waals surface area contributed by atoms with Crippen molar-refractivity contribution in [2.75, 3.05) is 25.4 Å². The number of likely N-dealkylation sites (tertiary alicyclic amines) is 1. The van der Waals surface area contributed by atoms with Crippen molar-refractivity contribution in [3.8, 4) is 0 Å². The van der Waals surface area contributed by atoms with Crippen molar-refractivity contribution in [2.24, 2.45) is 0 Å². The van der Waals surface area contributed by atoms with Crippen molar-refractivity contribution in [2.45, 2.75) is 31.2 Å². The Morgan fingerprint density at radius 3 is 2.77 bits per heavy atom. The summed E-state index contributed by atoms with van der Waals surface area (Å²) in [6.45, 7) is 2.08. The van der Waals surface area contributed by atoms with Crippen molar-refractivity contribution < 1.29 is 18.3 Å². The third kappa shape index (κ3) is 3.85. The maximum atomic E-state index is 11.9. The fourth-order valence-electron chi connectivity index (χ4n) is 3.15. The first-order chi connectivity index (χ1) is 10.5. The summed E-state index contributed by atoms with van der Waals surface area (Å²) in [5.74, 6) is 0.0824. The van der Waals surface area contributed by atoms with Crippen LogP contribution in [0.2, 0.25) is 0 Å². The van der Waals surface area contributed by atoms with Gasteiger partial charge in [0.15, 0.2) is 0 Å². The third-order valence-corrected chi connectivity index (χ3v) is 5.70. The zero-order chi connectivity index (χ0) is 15.6. The molecule has 0 aliphatic carbocycles. The Morgan fingerprint density at radius 2 is 2.09 bits per heavy atom. The first-order valence-electron chi connectivity index (χ1n) is 7.57. The second-order valence-electron chi connectivity index (χ2n) is 6.01. The molecule has 6 nitrogen and oxygen atoms in total. The summed E-state index contributed by atoms with van der Waals surface area (Å²) in [6.07, 6.45) is 0.350. The quantitative estimate of drug-likeness (QED) is 0.792. The molecule has 2 aliphatic heterocycles. The molecule has 0 aromatic heterocycles. The van der Waals surface area contributed by atoms with Gasteiger partial charge in [0.05, 0.1) is 31.1 Å². The molecule has 2 saturated heterocycles. The van der Waals surface area contributed by atoms with Gasteiger partial charge >= 0.3 is 0 Å². The molecule has 0 radical (unpaired) electrons. The van der Waals surface area contributed by atoms with Crippen molar-refractivity contribution in [1.82, 2.24) is 9.62 Å². The van der Waals surface area contributed by atoms with Crippen LogP contribution in [-0.4, -0.2) is 62.1 Å². The number of β-amino-alcohol motifs (C(OH)–C–C–N with tert-alkyl or cyclic N) is 1. The average molecular weight is 326 g/mol. The van der Waals surface area contributed by atoms with E-state index in [9.17, 15) is 13.5 Å². The Morgan fingerprint density at radius 1 is 1.32 bits per heavy atom. The highest BCUT2D eigenvalue weighted by molar-refractivity contribution is 7.89. The number of rotatable bonds is 5. The molecule has 2 aliphatic rings. The van der Waals surface area contributed by atoms with Gasteiger partial charge in [-0.25, -0.2) is 13.1 Å². The lowest BCUT2D eigenvalue weighted by Gasteiger charge is -2.27. The van der Waals surface area contributed by atoms with Crippen LogP contribution in [0.1, 0.15) is 12.0 Å². The minimum absolute atomic E-state index is 0.0824. The standard InChI is InChI=1S/C15H22N2O4S/c18-13-6-7-17(8-13)15-11-22(19,20)16-14(15)10-21-9-12-4-2-1-3-5-12/h1-5,13-16,18H,6-11H2/t13-,14-,15+/m1/s1. The van der Waals surface area contributed by atoms with E-state index >= 15 is 0 Å². The van der Waals surface area contributed by atoms with Gasteiger partial charge < -0.3 is 9.84 Å². The fraction of sp³-hybridized carbons (Fsp3) is 0.600. The molecule has 0 bridgehead atoms. The predicted molar refractivity (Wildman–Crippen MR) is 82.8 cm³/mol. The SMILES string of the molecule is O=S1(=O)C[C@H](N2CC[C@@H](O)C2)[C@@H](COCc2ccccc2)N1. The monoisotopic (exact) mass is 326 g/mol. The van der Waals surface area contributed by atoms with Crippen LogP contribution < -0.4 is 4.72 Å². The number of sulfonamides is 1. The minimum atomic E-state index is -3.25. The van der Waals surface area contributed by atoms with Gasteiger partial charge in [-0.05, 0) is 12.0 Å². The molecule has 0 saturated carbocycles. The first kappa shape index (κ1) is 15.9. The third-order valence-electron chi connectivity index (χ3n) is 4.26. The van der Waals surface area contributed by atoms with Crippen LogP contribution in [0.3, 0.4) is 0 Å². The van der Waals surface area contributed by atoms with Crippen LogP contribution in [0, 0.1) is 0 Å². The molecule has 0 amide bonds. The molecule has 0 spiro atoms. The highest BCUT2D eigenvalue weighted by Gasteiger charge is 2.42. The number of hydrogen-bond acceptors (Lipinski definition) is 5. The van der Waals surface area contributed by atoms with Gasteiger partial charge in [-0.3, -0.25) is 4.90 Å². The van der Waals surface area contributed by atoms with E-state index in [4.69, 9.17) is 4.74 Å². The Kier molecular flexibility index (Phi) is 4.79. The number of aliphatic hydroxyl groups is 1. The summed E-state index contributed by atoms with van der Waals surface area (Å²) < 4.78 is 32.1. The van der Waals surface area contributed by atoms with Crippen LogP contribution >= 0.6 is 0 Å². The van der Waals surface area contributed by atoms with Crippen LogP contribution in [0.4, 0.5) is 0 Å². The van der Waals surface area contributed by atoms with Gasteiger partial charge in [0.1, 0.15) is 0 Å². The fourth-order valence-corrected chi connectivity index (χ4v) is 4.83. The summed E-state index contributed by atoms with van der Waals surface area (Å²) in [7, 11) is -3.25. The Balaban J connectivity index is 1.58. The molecule has 22 heavy (non-hydrogen) atoms. The van der Waals surface area contributed by atoms with Crippen LogP contribution in [0.15, 0.2) is 30.3 Å². The highest BCUT2D eigenvalue weighted by Crippen LogP contribution is 2.21. The van der Waals surface area contributed by atoms with E-state index < -0.39 is 10.0 Å². The topological polar surface area (TPSA) is 78.9 Å². The van der Waals surface area contributed by atoms with E-state index in [0.29, 0.717) is 26.2 Å². The van der Waals surface area contributed by atoms with E-state index in [-0.39, 0.29) is 23.9 Å². The second-order valence-corrected chi connectivity index (χ2v) is 7.81. The maximum Gasteiger partial charge on any atom is 0.213 e. The number of ether oxygens (including phenoxy) is 1. The van der Waals surface area contributed by atoms with E-state index in [1.165, 1.54) is 0 Å². The molecule has 0 unspecified atom stereocenters. The average Bonchev–Trinajstić information content (AvgIpc) is 3.03. The molecule has 2 N–H and O–H groups in total. The number of aliphatic hydroxyl groups excluding tert-OH is 1. The zero-order valence-electron chi connectivity index (χ0n) is 12.4. The normalized spacial score (nSPS) is 31.6. The van der Waals surface area contributed by atoms with Crippen molar-refractivity contribution in [3.05, 3.63) is 35.9 Å². The molecule has 2 heterocycles. The summed E-state index contributed by atoms with van der Waals surface area (Å²) in [4.78, 5) is 2.05. The largest absolute Gasteiger partial charge is 0.392 e. The van der Waals surface area contributed by atoms with Gasteiger partial charge in [-0.2, -0.15) is 0 Å². The summed E-state index contributed by atoms with van der Waals surface area (Å²) in [5, 5.41) is 9.66. The predicted octanol–water partition coefficient (Wildman–Crippen LogP) is -0.0600. The molecule has 1 aromatic rings. The van der Waals surface area contributed by atoms with E-state index in [0.717, 1.165) is 12.1 Å². The van der Waals surface area contributed by atoms with Crippen LogP contribution in [0.25, 0.3) is 0 Å². The molecular formula is C15H22N2O4S. The van der Waals surface area contributed by atoms with Crippen molar-refractivity contribution in [1.29, 1.82) is 0 Å². The zero-order valence-corrected chi connectivity index (χ0v) is 13.2. The van der Waals surface area contributed by atoms with Crippen molar-refractivity contribution >= 4 is 10.0 Å². The van der Waals surface area contributed by atoms with Gasteiger partial charge in [-0.15, -0.1) is 0 Å². The van der Waals surface area contributed by atoms with E-state index in [1.54, 1.807) is 0 Å². The molecule has 2 fully saturated rings. The lowest BCUT2D eigenvalue weighted by atomic mass is 10.1. The van der Waals surface area contributed by atoms with Crippen LogP contribution in [0.5, 0.6) is 0 Å². The molecular weight excluding hydrogens is 304 g/mol. The summed E-state index contributed by atoms with van der Waals surface area (Å²) in [6, 6.07) is 9.43. The van der Waals surface area contributed by atoms with Gasteiger partial charge in [-0.1, -0.05) is 30.3 Å². The number of benzene rings is 1. The molecule has 1 aromatic carbocycles. The molecule has 3 atom stereocenters. The lowest BCUT2D eigenvalue weighted by molar-refractivity contribution is 0.0775. The summed E-state index contributed by atoms with van der Waals surface area (Å²) >= 11 is 0. The Bertz CT molecular complexity index is 593. The number of nitrogens with zero attached hydrogens (tertiary/aromatic N) is 1. The second kappa shape index (κ2) is 6.64. The first-order valence-corrected chi connectivity index (χ1v) is 9.22. The lowest BCUT2D eigenvalue weighted by Crippen LogP contribution is -2.46. The smallest absolute Gasteiger partial charge is 0.213 e. The molecule has 122 valence electrons. The molecule has 7 heteroatoms. The molecule has 3 rings (SSSR count). The Labute approximate surface area is 131 Å². The van der Waals surface area contributed by atoms with Crippen LogP contribution in [-0.2, 0) is 21.4 Å². The van der Waals surface area contributed by atoms with Gasteiger partial charge in [0, 0.05) is 19.1 Å². The summed E-state index contributed by atoms with van der Waals surface area (Å²) in [5.41, 5.74) is 1.07. The van der Waals surface area contributed by atoms with E-state index in [1.807, 2.05) is 30.3 Å². The maximum absolute atomic E-state index is 11.9. The Hall–Kier alpha value is -0.990.